The van der Waals surface area contributed by atoms with Crippen molar-refractivity contribution in [1.29, 1.82) is 0 Å². The van der Waals surface area contributed by atoms with Gasteiger partial charge in [0, 0.05) is 0 Å². The minimum atomic E-state index is -2.46. The minimum Gasteiger partial charge on any atom is -0.420 e. The fraction of sp³-hybridized carbons (Fsp3) is 0.714. The van der Waals surface area contributed by atoms with E-state index in [0.29, 0.717) is 0 Å². The van der Waals surface area contributed by atoms with Crippen LogP contribution in [0.1, 0.15) is 0 Å². The van der Waals surface area contributed by atoms with Gasteiger partial charge in [0.1, 0.15) is 19.5 Å². The van der Waals surface area contributed by atoms with Gasteiger partial charge >= 0.3 is 8.80 Å². The summed E-state index contributed by atoms with van der Waals surface area (Å²) in [4.78, 5) is 0. The van der Waals surface area contributed by atoms with Crippen LogP contribution >= 0.6 is 0 Å². The molecule has 0 unspecified atom stereocenters. The van der Waals surface area contributed by atoms with E-state index >= 15 is 0 Å². The second-order valence-corrected chi connectivity index (χ2v) is 14.0. The lowest BCUT2D eigenvalue weighted by Crippen LogP contribution is -2.52. The molecule has 0 heterocycles. The van der Waals surface area contributed by atoms with Crippen LogP contribution in [0, 0.1) is 0 Å². The second-order valence-electron chi connectivity index (χ2n) is 3.89. The third-order valence-corrected chi connectivity index (χ3v) is 11.0. The average molecular weight is 267 g/mol. The normalized spacial score (nSPS) is 18.1. The van der Waals surface area contributed by atoms with E-state index in [9.17, 15) is 0 Å². The molecule has 0 aromatic heterocycles. The van der Waals surface area contributed by atoms with Gasteiger partial charge in [0.05, 0.1) is 0 Å². The lowest BCUT2D eigenvalue weighted by Gasteiger charge is -2.33. The van der Waals surface area contributed by atoms with Gasteiger partial charge in [-0.3, -0.25) is 0 Å². The maximum absolute atomic E-state index is 6.04. The van der Waals surface area contributed by atoms with Crippen LogP contribution in [0.25, 0.3) is 0 Å². The van der Waals surface area contributed by atoms with Crippen molar-refractivity contribution in [1.82, 2.24) is 0 Å². The molecular weight excluding hydrogens is 244 g/mol. The Labute approximate surface area is 94.2 Å². The quantitative estimate of drug-likeness (QED) is 0.638. The first-order chi connectivity index (χ1) is 6.39. The zero-order chi connectivity index (χ0) is 11.2. The van der Waals surface area contributed by atoms with E-state index < -0.39 is 36.6 Å². The van der Waals surface area contributed by atoms with Gasteiger partial charge < -0.3 is 12.3 Å². The van der Waals surface area contributed by atoms with Gasteiger partial charge in [-0.15, -0.1) is 6.58 Å². The summed E-state index contributed by atoms with van der Waals surface area (Å²) in [5.41, 5.74) is 1.79. The lowest BCUT2D eigenvalue weighted by atomic mass is 11.3. The standard InChI is InChI=1S/C7H22O3Si4/c1-7-14(8-11-2,9-12-3)10-13(4,5)6/h7H,1,11-12H2,2-6H3. The topological polar surface area (TPSA) is 27.7 Å². The van der Waals surface area contributed by atoms with Crippen molar-refractivity contribution in [3.63, 3.8) is 0 Å². The van der Waals surface area contributed by atoms with Gasteiger partial charge in [0.15, 0.2) is 8.32 Å². The van der Waals surface area contributed by atoms with Gasteiger partial charge in [-0.1, -0.05) is 13.1 Å². The molecule has 0 rings (SSSR count). The molecule has 0 aliphatic carbocycles. The van der Waals surface area contributed by atoms with Crippen LogP contribution in [0.15, 0.2) is 12.3 Å². The summed E-state index contributed by atoms with van der Waals surface area (Å²) in [6.45, 7) is 14.5. The van der Waals surface area contributed by atoms with Gasteiger partial charge in [-0.25, -0.2) is 0 Å². The smallest absolute Gasteiger partial charge is 0.420 e. The maximum atomic E-state index is 6.04. The Bertz CT molecular complexity index is 174. The highest BCUT2D eigenvalue weighted by Gasteiger charge is 2.40. The second kappa shape index (κ2) is 6.15. The third kappa shape index (κ3) is 5.39. The van der Waals surface area contributed by atoms with Crippen LogP contribution < -0.4 is 0 Å². The zero-order valence-corrected chi connectivity index (χ0v) is 14.8. The largest absolute Gasteiger partial charge is 0.496 e. The Morgan fingerprint density at radius 3 is 1.71 bits per heavy atom. The first kappa shape index (κ1) is 14.5. The maximum Gasteiger partial charge on any atom is 0.496 e. The summed E-state index contributed by atoms with van der Waals surface area (Å²) in [6.07, 6.45) is 0. The minimum absolute atomic E-state index is 0.505. The molecule has 0 aromatic rings. The molecular formula is C7H22O3Si4. The molecule has 0 radical (unpaired) electrons. The van der Waals surface area contributed by atoms with Crippen molar-refractivity contribution in [2.75, 3.05) is 0 Å². The Morgan fingerprint density at radius 2 is 1.50 bits per heavy atom. The first-order valence-electron chi connectivity index (χ1n) is 5.00. The average Bonchev–Trinajstić information content (AvgIpc) is 2.02. The molecule has 0 atom stereocenters. The molecule has 3 nitrogen and oxygen atoms in total. The Hall–Kier alpha value is 0.488. The Kier molecular flexibility index (Phi) is 6.37. The monoisotopic (exact) mass is 266 g/mol. The third-order valence-electron chi connectivity index (χ3n) is 1.39. The predicted octanol–water partition coefficient (Wildman–Crippen LogP) is 0.799. The zero-order valence-electron chi connectivity index (χ0n) is 9.92. The summed E-state index contributed by atoms with van der Waals surface area (Å²) in [5.74, 6) is 0. The SMILES string of the molecule is C=C[Si](O[SiH2]C)(O[SiH2]C)O[Si](C)(C)C. The highest BCUT2D eigenvalue weighted by molar-refractivity contribution is 6.85. The van der Waals surface area contributed by atoms with Gasteiger partial charge in [-0.05, 0) is 25.3 Å². The predicted molar refractivity (Wildman–Crippen MR) is 71.4 cm³/mol. The van der Waals surface area contributed by atoms with Crippen molar-refractivity contribution in [3.05, 3.63) is 12.3 Å². The van der Waals surface area contributed by atoms with E-state index in [1.165, 1.54) is 0 Å². The summed E-state index contributed by atoms with van der Waals surface area (Å²) < 4.78 is 17.6. The molecule has 84 valence electrons. The van der Waals surface area contributed by atoms with Crippen LogP contribution in [0.2, 0.25) is 32.7 Å². The van der Waals surface area contributed by atoms with Crippen LogP contribution in [-0.2, 0) is 12.3 Å². The van der Waals surface area contributed by atoms with E-state index in [4.69, 9.17) is 12.3 Å². The summed E-state index contributed by atoms with van der Waals surface area (Å²) in [5, 5.41) is 0. The van der Waals surface area contributed by atoms with Crippen LogP contribution in [-0.4, -0.2) is 36.6 Å². The van der Waals surface area contributed by atoms with Crippen molar-refractivity contribution in [2.45, 2.75) is 32.7 Å². The highest BCUT2D eigenvalue weighted by Crippen LogP contribution is 2.17. The molecule has 0 aromatic carbocycles. The van der Waals surface area contributed by atoms with Crippen molar-refractivity contribution in [3.8, 4) is 0 Å². The van der Waals surface area contributed by atoms with E-state index in [1.807, 2.05) is 0 Å². The van der Waals surface area contributed by atoms with E-state index in [1.54, 1.807) is 5.70 Å². The van der Waals surface area contributed by atoms with Gasteiger partial charge in [-0.2, -0.15) is 0 Å². The highest BCUT2D eigenvalue weighted by atomic mass is 28.5. The molecule has 7 heteroatoms. The Morgan fingerprint density at radius 1 is 1.07 bits per heavy atom. The van der Waals surface area contributed by atoms with E-state index in [0.717, 1.165) is 0 Å². The molecule has 0 spiro atoms. The summed E-state index contributed by atoms with van der Waals surface area (Å²) in [7, 11) is -5.07. The molecule has 0 saturated carbocycles. The summed E-state index contributed by atoms with van der Waals surface area (Å²) in [6, 6.07) is 0. The van der Waals surface area contributed by atoms with Crippen molar-refractivity contribution in [2.24, 2.45) is 0 Å². The lowest BCUT2D eigenvalue weighted by molar-refractivity contribution is 0.292. The molecule has 0 aliphatic heterocycles. The summed E-state index contributed by atoms with van der Waals surface area (Å²) >= 11 is 0. The van der Waals surface area contributed by atoms with Crippen LogP contribution in [0.4, 0.5) is 0 Å². The fourth-order valence-corrected chi connectivity index (χ4v) is 11.6. The van der Waals surface area contributed by atoms with Gasteiger partial charge in [0.2, 0.25) is 0 Å². The fourth-order valence-electron chi connectivity index (χ4n) is 1.09. The van der Waals surface area contributed by atoms with Crippen LogP contribution in [0.5, 0.6) is 0 Å². The molecule has 0 saturated heterocycles. The number of hydrogen-bond donors (Lipinski definition) is 0. The van der Waals surface area contributed by atoms with Gasteiger partial charge in [0.25, 0.3) is 0 Å². The molecule has 14 heavy (non-hydrogen) atoms. The molecule has 0 aliphatic rings. The molecule has 0 N–H and O–H groups in total. The Balaban J connectivity index is 4.56. The molecule has 0 fully saturated rings. The van der Waals surface area contributed by atoms with Crippen molar-refractivity contribution >= 4 is 36.6 Å². The molecule has 0 bridgehead atoms. The molecule has 0 amide bonds. The number of rotatable bonds is 7. The first-order valence-corrected chi connectivity index (χ1v) is 14.2. The van der Waals surface area contributed by atoms with Crippen LogP contribution in [0.3, 0.4) is 0 Å². The van der Waals surface area contributed by atoms with E-state index in [-0.39, 0.29) is 0 Å². The van der Waals surface area contributed by atoms with E-state index in [2.05, 4.69) is 39.3 Å². The number of hydrogen-bond acceptors (Lipinski definition) is 3. The van der Waals surface area contributed by atoms with Crippen molar-refractivity contribution < 1.29 is 12.3 Å².